The van der Waals surface area contributed by atoms with E-state index in [1.165, 1.54) is 20.3 Å². The summed E-state index contributed by atoms with van der Waals surface area (Å²) in [6.45, 7) is 1.75. The van der Waals surface area contributed by atoms with Crippen LogP contribution in [0.3, 0.4) is 0 Å². The van der Waals surface area contributed by atoms with Gasteiger partial charge in [0.1, 0.15) is 5.75 Å². The van der Waals surface area contributed by atoms with Crippen LogP contribution in [0.25, 0.3) is 0 Å². The quantitative estimate of drug-likeness (QED) is 0.814. The highest BCUT2D eigenvalue weighted by molar-refractivity contribution is 9.10. The Morgan fingerprint density at radius 1 is 1.39 bits per heavy atom. The van der Waals surface area contributed by atoms with Crippen LogP contribution < -0.4 is 5.32 Å². The molecule has 0 saturated heterocycles. The second-order valence-electron chi connectivity index (χ2n) is 3.76. The second-order valence-corrected chi connectivity index (χ2v) is 4.68. The van der Waals surface area contributed by atoms with Crippen LogP contribution in [-0.4, -0.2) is 37.6 Å². The fraction of sp³-hybridized carbons (Fsp3) is 0.417. The third-order valence-electron chi connectivity index (χ3n) is 2.43. The van der Waals surface area contributed by atoms with Crippen LogP contribution in [0.5, 0.6) is 5.75 Å². The van der Waals surface area contributed by atoms with Crippen LogP contribution in [0.15, 0.2) is 22.7 Å². The van der Waals surface area contributed by atoms with Gasteiger partial charge in [-0.3, -0.25) is 4.79 Å². The zero-order chi connectivity index (χ0) is 13.7. The SMILES string of the molecule is COC(OC)C(C)NC(=O)c1cc(Br)ccc1O. The van der Waals surface area contributed by atoms with Gasteiger partial charge in [-0.15, -0.1) is 0 Å². The number of rotatable bonds is 5. The molecule has 0 heterocycles. The van der Waals surface area contributed by atoms with Crippen LogP contribution >= 0.6 is 15.9 Å². The van der Waals surface area contributed by atoms with Gasteiger partial charge in [0.25, 0.3) is 5.91 Å². The molecule has 18 heavy (non-hydrogen) atoms. The Hall–Kier alpha value is -1.11. The molecule has 1 atom stereocenters. The highest BCUT2D eigenvalue weighted by Gasteiger charge is 2.20. The molecule has 0 bridgehead atoms. The number of carbonyl (C=O) groups is 1. The Morgan fingerprint density at radius 3 is 2.56 bits per heavy atom. The molecule has 0 aliphatic heterocycles. The number of methoxy groups -OCH3 is 2. The summed E-state index contributed by atoms with van der Waals surface area (Å²) < 4.78 is 10.8. The van der Waals surface area contributed by atoms with E-state index in [9.17, 15) is 9.90 Å². The van der Waals surface area contributed by atoms with Crippen molar-refractivity contribution in [2.24, 2.45) is 0 Å². The molecular weight excluding hydrogens is 302 g/mol. The number of amides is 1. The number of phenols is 1. The van der Waals surface area contributed by atoms with Crippen molar-refractivity contribution in [3.05, 3.63) is 28.2 Å². The van der Waals surface area contributed by atoms with Crippen molar-refractivity contribution in [1.82, 2.24) is 5.32 Å². The van der Waals surface area contributed by atoms with Crippen molar-refractivity contribution < 1.29 is 19.4 Å². The van der Waals surface area contributed by atoms with E-state index in [-0.39, 0.29) is 23.3 Å². The van der Waals surface area contributed by atoms with Gasteiger partial charge in [-0.1, -0.05) is 15.9 Å². The Labute approximate surface area is 114 Å². The van der Waals surface area contributed by atoms with Crippen molar-refractivity contribution in [2.75, 3.05) is 14.2 Å². The van der Waals surface area contributed by atoms with E-state index in [1.54, 1.807) is 19.1 Å². The predicted octanol–water partition coefficient (Wildman–Crippen LogP) is 1.89. The zero-order valence-electron chi connectivity index (χ0n) is 10.4. The van der Waals surface area contributed by atoms with Crippen LogP contribution in [0.4, 0.5) is 0 Å². The summed E-state index contributed by atoms with van der Waals surface area (Å²) in [5.41, 5.74) is 0.196. The largest absolute Gasteiger partial charge is 0.507 e. The molecule has 0 spiro atoms. The lowest BCUT2D eigenvalue weighted by atomic mass is 10.1. The summed E-state index contributed by atoms with van der Waals surface area (Å²) in [4.78, 5) is 12.0. The third-order valence-corrected chi connectivity index (χ3v) is 2.93. The third kappa shape index (κ3) is 3.69. The molecule has 1 unspecified atom stereocenters. The van der Waals surface area contributed by atoms with Gasteiger partial charge < -0.3 is 19.9 Å². The molecule has 0 aromatic heterocycles. The molecule has 0 aliphatic carbocycles. The Morgan fingerprint density at radius 2 is 2.00 bits per heavy atom. The number of ether oxygens (including phenoxy) is 2. The lowest BCUT2D eigenvalue weighted by Gasteiger charge is -2.22. The lowest BCUT2D eigenvalue weighted by Crippen LogP contribution is -2.42. The van der Waals surface area contributed by atoms with Gasteiger partial charge in [0, 0.05) is 18.7 Å². The normalized spacial score (nSPS) is 12.5. The Kier molecular flexibility index (Phi) is 5.58. The molecule has 0 saturated carbocycles. The monoisotopic (exact) mass is 317 g/mol. The summed E-state index contributed by atoms with van der Waals surface area (Å²) in [6, 6.07) is 4.31. The van der Waals surface area contributed by atoms with E-state index in [0.717, 1.165) is 0 Å². The maximum atomic E-state index is 12.0. The summed E-state index contributed by atoms with van der Waals surface area (Å²) >= 11 is 3.25. The smallest absolute Gasteiger partial charge is 0.255 e. The first-order chi connectivity index (χ1) is 8.49. The minimum Gasteiger partial charge on any atom is -0.507 e. The predicted molar refractivity (Wildman–Crippen MR) is 70.5 cm³/mol. The van der Waals surface area contributed by atoms with E-state index in [1.807, 2.05) is 0 Å². The molecule has 1 aromatic rings. The van der Waals surface area contributed by atoms with Gasteiger partial charge in [0.15, 0.2) is 6.29 Å². The molecule has 1 aromatic carbocycles. The van der Waals surface area contributed by atoms with Crippen molar-refractivity contribution >= 4 is 21.8 Å². The summed E-state index contributed by atoms with van der Waals surface area (Å²) in [7, 11) is 2.99. The van der Waals surface area contributed by atoms with Crippen molar-refractivity contribution in [1.29, 1.82) is 0 Å². The fourth-order valence-corrected chi connectivity index (χ4v) is 1.91. The first-order valence-electron chi connectivity index (χ1n) is 5.34. The van der Waals surface area contributed by atoms with Crippen molar-refractivity contribution in [2.45, 2.75) is 19.3 Å². The molecule has 0 fully saturated rings. The van der Waals surface area contributed by atoms with Crippen molar-refractivity contribution in [3.8, 4) is 5.75 Å². The average Bonchev–Trinajstić information content (AvgIpc) is 2.33. The number of hydrogen-bond acceptors (Lipinski definition) is 4. The van der Waals surface area contributed by atoms with Gasteiger partial charge in [0.2, 0.25) is 0 Å². The first kappa shape index (κ1) is 14.9. The molecule has 0 aliphatic rings. The number of nitrogens with one attached hydrogen (secondary N) is 1. The van der Waals surface area contributed by atoms with E-state index >= 15 is 0 Å². The van der Waals surface area contributed by atoms with Crippen LogP contribution in [0.2, 0.25) is 0 Å². The van der Waals surface area contributed by atoms with E-state index in [0.29, 0.717) is 4.47 Å². The minimum absolute atomic E-state index is 0.0747. The number of aromatic hydroxyl groups is 1. The van der Waals surface area contributed by atoms with E-state index in [4.69, 9.17) is 9.47 Å². The highest BCUT2D eigenvalue weighted by Crippen LogP contribution is 2.21. The van der Waals surface area contributed by atoms with Crippen LogP contribution in [-0.2, 0) is 9.47 Å². The fourth-order valence-electron chi connectivity index (χ4n) is 1.55. The topological polar surface area (TPSA) is 67.8 Å². The minimum atomic E-state index is -0.539. The summed E-state index contributed by atoms with van der Waals surface area (Å²) in [6.07, 6.45) is -0.539. The second kappa shape index (κ2) is 6.72. The van der Waals surface area contributed by atoms with Crippen molar-refractivity contribution in [3.63, 3.8) is 0 Å². The molecule has 100 valence electrons. The van der Waals surface area contributed by atoms with Crippen LogP contribution in [0.1, 0.15) is 17.3 Å². The molecule has 5 nitrogen and oxygen atoms in total. The number of phenolic OH excluding ortho intramolecular Hbond substituents is 1. The average molecular weight is 318 g/mol. The van der Waals surface area contributed by atoms with Gasteiger partial charge in [-0.25, -0.2) is 0 Å². The van der Waals surface area contributed by atoms with Gasteiger partial charge in [0.05, 0.1) is 11.6 Å². The summed E-state index contributed by atoms with van der Waals surface area (Å²) in [5, 5.41) is 12.3. The highest BCUT2D eigenvalue weighted by atomic mass is 79.9. The maximum absolute atomic E-state index is 12.0. The molecule has 1 rings (SSSR count). The number of hydrogen-bond donors (Lipinski definition) is 2. The van der Waals surface area contributed by atoms with Gasteiger partial charge in [-0.2, -0.15) is 0 Å². The Balaban J connectivity index is 2.79. The molecule has 2 N–H and O–H groups in total. The lowest BCUT2D eigenvalue weighted by molar-refractivity contribution is -0.117. The maximum Gasteiger partial charge on any atom is 0.255 e. The zero-order valence-corrected chi connectivity index (χ0v) is 12.0. The van der Waals surface area contributed by atoms with Gasteiger partial charge in [-0.05, 0) is 25.1 Å². The molecule has 1 amide bonds. The molecular formula is C12H16BrNO4. The first-order valence-corrected chi connectivity index (χ1v) is 6.14. The van der Waals surface area contributed by atoms with E-state index in [2.05, 4.69) is 21.2 Å². The number of carbonyl (C=O) groups excluding carboxylic acids is 1. The molecule has 0 radical (unpaired) electrons. The standard InChI is InChI=1S/C12H16BrNO4/c1-7(12(17-2)18-3)14-11(16)9-6-8(13)4-5-10(9)15/h4-7,12,15H,1-3H3,(H,14,16). The van der Waals surface area contributed by atoms with Gasteiger partial charge >= 0.3 is 0 Å². The number of benzene rings is 1. The number of halogens is 1. The summed E-state index contributed by atoms with van der Waals surface area (Å²) in [5.74, 6) is -0.463. The Bertz CT molecular complexity index is 421. The van der Waals surface area contributed by atoms with Crippen LogP contribution in [0, 0.1) is 0 Å². The molecule has 6 heteroatoms. The van der Waals surface area contributed by atoms with E-state index < -0.39 is 6.29 Å².